The number of rotatable bonds is 5. The largest absolute Gasteiger partial charge is 0.303 e. The first kappa shape index (κ1) is 13.9. The number of benzene rings is 1. The first-order valence-corrected chi connectivity index (χ1v) is 7.57. The molecule has 0 atom stereocenters. The molecule has 1 aromatic rings. The van der Waals surface area contributed by atoms with Crippen molar-refractivity contribution in [2.75, 3.05) is 13.1 Å². The maximum absolute atomic E-state index is 12.2. The third kappa shape index (κ3) is 2.90. The molecule has 102 valence electrons. The van der Waals surface area contributed by atoms with Gasteiger partial charge in [0.1, 0.15) is 6.29 Å². The van der Waals surface area contributed by atoms with Crippen LogP contribution in [0.4, 0.5) is 0 Å². The topological polar surface area (TPSA) is 71.5 Å². The van der Waals surface area contributed by atoms with Crippen LogP contribution in [0.15, 0.2) is 29.2 Å². The maximum atomic E-state index is 12.2. The van der Waals surface area contributed by atoms with E-state index in [1.54, 1.807) is 0 Å². The van der Waals surface area contributed by atoms with Crippen LogP contribution in [0.1, 0.15) is 29.6 Å². The highest BCUT2D eigenvalue weighted by atomic mass is 32.2. The van der Waals surface area contributed by atoms with Gasteiger partial charge in [0.05, 0.1) is 11.3 Å². The minimum absolute atomic E-state index is 0.182. The third-order valence-corrected chi connectivity index (χ3v) is 5.06. The molecule has 0 N–H and O–H groups in total. The summed E-state index contributed by atoms with van der Waals surface area (Å²) in [7, 11) is -3.44. The van der Waals surface area contributed by atoms with Crippen molar-refractivity contribution in [2.45, 2.75) is 24.2 Å². The van der Waals surface area contributed by atoms with Gasteiger partial charge in [-0.3, -0.25) is 4.79 Å². The molecule has 6 heteroatoms. The molecule has 2 rings (SSSR count). The predicted octanol–water partition coefficient (Wildman–Crippen LogP) is 1.24. The molecule has 0 amide bonds. The second-order valence-electron chi connectivity index (χ2n) is 4.43. The highest BCUT2D eigenvalue weighted by molar-refractivity contribution is 7.89. The van der Waals surface area contributed by atoms with E-state index >= 15 is 0 Å². The number of aldehydes is 1. The van der Waals surface area contributed by atoms with E-state index in [-0.39, 0.29) is 17.1 Å². The number of hydrogen-bond donors (Lipinski definition) is 0. The maximum Gasteiger partial charge on any atom is 0.243 e. The molecule has 19 heavy (non-hydrogen) atoms. The molecule has 1 aromatic carbocycles. The average Bonchev–Trinajstić information content (AvgIpc) is 2.94. The second-order valence-corrected chi connectivity index (χ2v) is 6.37. The van der Waals surface area contributed by atoms with E-state index in [4.69, 9.17) is 0 Å². The predicted molar refractivity (Wildman–Crippen MR) is 69.4 cm³/mol. The fraction of sp³-hybridized carbons (Fsp3) is 0.385. The third-order valence-electron chi connectivity index (χ3n) is 3.15. The van der Waals surface area contributed by atoms with Crippen LogP contribution in [0, 0.1) is 0 Å². The number of Topliss-reactive ketones (excluding diaryl/α,β-unsaturated/α-hetero) is 1. The summed E-state index contributed by atoms with van der Waals surface area (Å²) in [4.78, 5) is 21.9. The van der Waals surface area contributed by atoms with E-state index in [9.17, 15) is 18.0 Å². The van der Waals surface area contributed by atoms with Crippen molar-refractivity contribution < 1.29 is 18.0 Å². The lowest BCUT2D eigenvalue weighted by molar-refractivity contribution is -0.107. The number of nitrogens with zero attached hydrogens (tertiary/aromatic N) is 1. The Bertz CT molecular complexity index is 571. The van der Waals surface area contributed by atoms with Gasteiger partial charge in [-0.2, -0.15) is 4.31 Å². The van der Waals surface area contributed by atoms with E-state index in [2.05, 4.69) is 0 Å². The Hall–Kier alpha value is -1.53. The van der Waals surface area contributed by atoms with Gasteiger partial charge in [-0.1, -0.05) is 12.1 Å². The van der Waals surface area contributed by atoms with Gasteiger partial charge >= 0.3 is 0 Å². The van der Waals surface area contributed by atoms with Gasteiger partial charge in [0, 0.05) is 18.7 Å². The zero-order chi connectivity index (χ0) is 13.9. The van der Waals surface area contributed by atoms with Gasteiger partial charge in [-0.15, -0.1) is 0 Å². The van der Waals surface area contributed by atoms with E-state index in [0.29, 0.717) is 24.9 Å². The molecular weight excluding hydrogens is 266 g/mol. The molecule has 5 nitrogen and oxygen atoms in total. The summed E-state index contributed by atoms with van der Waals surface area (Å²) in [6, 6.07) is 5.75. The van der Waals surface area contributed by atoms with Crippen LogP contribution in [0.25, 0.3) is 0 Å². The van der Waals surface area contributed by atoms with E-state index in [0.717, 1.165) is 12.8 Å². The number of carbonyl (C=O) groups excluding carboxylic acids is 2. The van der Waals surface area contributed by atoms with Crippen molar-refractivity contribution >= 4 is 22.1 Å². The zero-order valence-corrected chi connectivity index (χ0v) is 11.2. The minimum atomic E-state index is -3.44. The molecule has 0 aromatic heterocycles. The zero-order valence-electron chi connectivity index (χ0n) is 10.4. The van der Waals surface area contributed by atoms with Gasteiger partial charge < -0.3 is 4.79 Å². The Balaban J connectivity index is 2.22. The molecule has 0 bridgehead atoms. The molecule has 1 heterocycles. The van der Waals surface area contributed by atoms with Crippen LogP contribution in [0.5, 0.6) is 0 Å². The first-order chi connectivity index (χ1) is 9.05. The van der Waals surface area contributed by atoms with E-state index in [1.807, 2.05) is 0 Å². The summed E-state index contributed by atoms with van der Waals surface area (Å²) in [5, 5.41) is 0. The lowest BCUT2D eigenvalue weighted by Crippen LogP contribution is -2.27. The van der Waals surface area contributed by atoms with Gasteiger partial charge in [-0.05, 0) is 25.0 Å². The van der Waals surface area contributed by atoms with Crippen molar-refractivity contribution in [1.82, 2.24) is 4.31 Å². The van der Waals surface area contributed by atoms with Crippen LogP contribution in [0.3, 0.4) is 0 Å². The quantitative estimate of drug-likeness (QED) is 0.462. The Morgan fingerprint density at radius 2 is 1.74 bits per heavy atom. The lowest BCUT2D eigenvalue weighted by atomic mass is 10.1. The average molecular weight is 281 g/mol. The lowest BCUT2D eigenvalue weighted by Gasteiger charge is -2.15. The monoisotopic (exact) mass is 281 g/mol. The van der Waals surface area contributed by atoms with Crippen LogP contribution >= 0.6 is 0 Å². The van der Waals surface area contributed by atoms with Gasteiger partial charge in [0.15, 0.2) is 5.78 Å². The summed E-state index contributed by atoms with van der Waals surface area (Å²) in [5.41, 5.74) is 0.354. The smallest absolute Gasteiger partial charge is 0.243 e. The molecule has 0 unspecified atom stereocenters. The Kier molecular flexibility index (Phi) is 4.11. The Morgan fingerprint density at radius 3 is 2.26 bits per heavy atom. The molecule has 0 spiro atoms. The molecule has 1 aliphatic rings. The Labute approximate surface area is 112 Å². The molecule has 0 aliphatic carbocycles. The van der Waals surface area contributed by atoms with Crippen molar-refractivity contribution in [3.05, 3.63) is 29.8 Å². The number of sulfonamides is 1. The summed E-state index contributed by atoms with van der Waals surface area (Å²) in [6.07, 6.45) is 2.12. The Morgan fingerprint density at radius 1 is 1.16 bits per heavy atom. The number of ketones is 1. The SMILES string of the molecule is O=CCC(=O)c1ccc(S(=O)(=O)N2CCCC2)cc1. The molecule has 0 saturated carbocycles. The van der Waals surface area contributed by atoms with Gasteiger partial charge in [-0.25, -0.2) is 8.42 Å². The normalized spacial score (nSPS) is 16.4. The standard InChI is InChI=1S/C13H15NO4S/c15-10-7-13(16)11-3-5-12(6-4-11)19(17,18)14-8-1-2-9-14/h3-6,10H,1-2,7-9H2. The number of hydrogen-bond acceptors (Lipinski definition) is 4. The molecule has 1 saturated heterocycles. The molecule has 1 fully saturated rings. The van der Waals surface area contributed by atoms with E-state index < -0.39 is 10.0 Å². The van der Waals surface area contributed by atoms with Crippen molar-refractivity contribution in [3.63, 3.8) is 0 Å². The summed E-state index contributed by atoms with van der Waals surface area (Å²) in [6.45, 7) is 1.10. The summed E-state index contributed by atoms with van der Waals surface area (Å²) >= 11 is 0. The highest BCUT2D eigenvalue weighted by Crippen LogP contribution is 2.21. The molecule has 1 aliphatic heterocycles. The van der Waals surface area contributed by atoms with Crippen molar-refractivity contribution in [1.29, 1.82) is 0 Å². The van der Waals surface area contributed by atoms with Crippen molar-refractivity contribution in [3.8, 4) is 0 Å². The molecule has 0 radical (unpaired) electrons. The van der Waals surface area contributed by atoms with Gasteiger partial charge in [0.25, 0.3) is 0 Å². The fourth-order valence-electron chi connectivity index (χ4n) is 2.08. The second kappa shape index (κ2) is 5.63. The van der Waals surface area contributed by atoms with Crippen LogP contribution in [-0.4, -0.2) is 37.9 Å². The van der Waals surface area contributed by atoms with Gasteiger partial charge in [0.2, 0.25) is 10.0 Å². The minimum Gasteiger partial charge on any atom is -0.303 e. The first-order valence-electron chi connectivity index (χ1n) is 6.13. The summed E-state index contributed by atoms with van der Waals surface area (Å²) in [5.74, 6) is -0.305. The molecular formula is C13H15NO4S. The highest BCUT2D eigenvalue weighted by Gasteiger charge is 2.27. The van der Waals surface area contributed by atoms with Crippen LogP contribution in [-0.2, 0) is 14.8 Å². The van der Waals surface area contributed by atoms with Crippen LogP contribution < -0.4 is 0 Å². The summed E-state index contributed by atoms with van der Waals surface area (Å²) < 4.78 is 25.9. The van der Waals surface area contributed by atoms with E-state index in [1.165, 1.54) is 28.6 Å². The fourth-order valence-corrected chi connectivity index (χ4v) is 3.60. The van der Waals surface area contributed by atoms with Crippen LogP contribution in [0.2, 0.25) is 0 Å². The van der Waals surface area contributed by atoms with Crippen molar-refractivity contribution in [2.24, 2.45) is 0 Å². The number of carbonyl (C=O) groups is 2.